The molecule has 0 spiro atoms. The first kappa shape index (κ1) is 24.5. The first-order valence-corrected chi connectivity index (χ1v) is 9.20. The van der Waals surface area contributed by atoms with Crippen LogP contribution >= 0.6 is 0 Å². The van der Waals surface area contributed by atoms with Gasteiger partial charge in [-0.2, -0.15) is 34.8 Å². The van der Waals surface area contributed by atoms with Crippen LogP contribution in [0.3, 0.4) is 0 Å². The number of alkyl halides is 6. The Kier molecular flexibility index (Phi) is 7.89. The van der Waals surface area contributed by atoms with Crippen molar-refractivity contribution in [2.24, 2.45) is 4.40 Å². The fourth-order valence-corrected chi connectivity index (χ4v) is 2.93. The number of carbonyl (C=O) groups excluding carboxylic acids is 1. The van der Waals surface area contributed by atoms with Crippen molar-refractivity contribution in [3.05, 3.63) is 23.8 Å². The molecule has 1 rings (SSSR count). The average molecular weight is 449 g/mol. The average Bonchev–Trinajstić information content (AvgIpc) is 2.57. The number of sulfonamides is 1. The van der Waals surface area contributed by atoms with E-state index in [0.717, 1.165) is 18.5 Å². The molecule has 0 unspecified atom stereocenters. The topological polar surface area (TPSA) is 88.1 Å². The molecule has 0 aromatic heterocycles. The maximum absolute atomic E-state index is 12.4. The standard InChI is InChI=1S/C15H17F6N3O4S/c1-24(2)9-23-29(26,27)12-7-10(5-6-22-13(25)15(19,20)21)3-4-11(12)28-8-14(16,17)18/h3-4,7,9H,5-6,8H2,1-2H3,(H,22,25). The highest BCUT2D eigenvalue weighted by molar-refractivity contribution is 7.90. The molecule has 1 amide bonds. The normalized spacial score (nSPS) is 12.8. The molecule has 7 nitrogen and oxygen atoms in total. The number of carbonyl (C=O) groups is 1. The lowest BCUT2D eigenvalue weighted by atomic mass is 10.1. The van der Waals surface area contributed by atoms with Gasteiger partial charge in [-0.15, -0.1) is 4.40 Å². The third-order valence-electron chi connectivity index (χ3n) is 3.05. The highest BCUT2D eigenvalue weighted by atomic mass is 32.2. The minimum atomic E-state index is -5.08. The van der Waals surface area contributed by atoms with E-state index in [4.69, 9.17) is 0 Å². The van der Waals surface area contributed by atoms with Crippen LogP contribution in [0.1, 0.15) is 5.56 Å². The molecule has 1 aromatic carbocycles. The number of halogens is 6. The van der Waals surface area contributed by atoms with Crippen molar-refractivity contribution in [3.63, 3.8) is 0 Å². The molecule has 0 saturated heterocycles. The quantitative estimate of drug-likeness (QED) is 0.373. The van der Waals surface area contributed by atoms with Crippen molar-refractivity contribution in [1.29, 1.82) is 0 Å². The van der Waals surface area contributed by atoms with Gasteiger partial charge in [0.15, 0.2) is 6.61 Å². The molecule has 0 aliphatic carbocycles. The molecule has 0 aliphatic rings. The fraction of sp³-hybridized carbons (Fsp3) is 0.467. The zero-order valence-electron chi connectivity index (χ0n) is 15.1. The summed E-state index contributed by atoms with van der Waals surface area (Å²) in [6.07, 6.45) is -9.13. The van der Waals surface area contributed by atoms with Crippen LogP contribution in [-0.2, 0) is 21.2 Å². The van der Waals surface area contributed by atoms with E-state index in [0.29, 0.717) is 0 Å². The van der Waals surface area contributed by atoms with Gasteiger partial charge in [-0.05, 0) is 24.1 Å². The number of benzene rings is 1. The molecule has 1 N–H and O–H groups in total. The Balaban J connectivity index is 3.12. The Morgan fingerprint density at radius 3 is 2.34 bits per heavy atom. The van der Waals surface area contributed by atoms with E-state index >= 15 is 0 Å². The van der Waals surface area contributed by atoms with Crippen LogP contribution in [0.25, 0.3) is 0 Å². The minimum Gasteiger partial charge on any atom is -0.483 e. The summed E-state index contributed by atoms with van der Waals surface area (Å²) in [4.78, 5) is 11.4. The number of ether oxygens (including phenoxy) is 1. The molecule has 0 heterocycles. The first-order chi connectivity index (χ1) is 13.1. The summed E-state index contributed by atoms with van der Waals surface area (Å²) >= 11 is 0. The van der Waals surface area contributed by atoms with E-state index in [1.165, 1.54) is 25.1 Å². The number of nitrogens with zero attached hydrogens (tertiary/aromatic N) is 2. The van der Waals surface area contributed by atoms with Crippen LogP contribution in [0.2, 0.25) is 0 Å². The second-order valence-electron chi connectivity index (χ2n) is 5.85. The third-order valence-corrected chi connectivity index (χ3v) is 4.30. The van der Waals surface area contributed by atoms with Gasteiger partial charge in [0.1, 0.15) is 17.0 Å². The summed E-state index contributed by atoms with van der Waals surface area (Å²) in [7, 11) is -1.56. The van der Waals surface area contributed by atoms with Crippen LogP contribution in [0, 0.1) is 0 Å². The van der Waals surface area contributed by atoms with Crippen LogP contribution < -0.4 is 10.1 Å². The lowest BCUT2D eigenvalue weighted by Gasteiger charge is -2.14. The van der Waals surface area contributed by atoms with Crippen molar-refractivity contribution in [2.45, 2.75) is 23.7 Å². The first-order valence-electron chi connectivity index (χ1n) is 7.76. The number of nitrogens with one attached hydrogen (secondary N) is 1. The number of rotatable bonds is 8. The van der Waals surface area contributed by atoms with Crippen LogP contribution in [0.15, 0.2) is 27.5 Å². The van der Waals surface area contributed by atoms with E-state index in [1.54, 1.807) is 5.32 Å². The molecule has 0 atom stereocenters. The van der Waals surface area contributed by atoms with Crippen molar-refractivity contribution in [2.75, 3.05) is 27.2 Å². The lowest BCUT2D eigenvalue weighted by molar-refractivity contribution is -0.173. The van der Waals surface area contributed by atoms with Crippen molar-refractivity contribution < 1.29 is 44.3 Å². The maximum atomic E-state index is 12.4. The monoisotopic (exact) mass is 449 g/mol. The smallest absolute Gasteiger partial charge is 0.471 e. The second kappa shape index (κ2) is 9.33. The fourth-order valence-electron chi connectivity index (χ4n) is 1.82. The second-order valence-corrected chi connectivity index (χ2v) is 7.45. The van der Waals surface area contributed by atoms with Crippen LogP contribution in [0.4, 0.5) is 26.3 Å². The molecule has 0 bridgehead atoms. The molecular weight excluding hydrogens is 432 g/mol. The van der Waals surface area contributed by atoms with Gasteiger partial charge < -0.3 is 15.0 Å². The Labute approximate surface area is 162 Å². The summed E-state index contributed by atoms with van der Waals surface area (Å²) in [5.74, 6) is -2.80. The molecule has 1 aromatic rings. The van der Waals surface area contributed by atoms with Gasteiger partial charge in [0.05, 0.1) is 0 Å². The largest absolute Gasteiger partial charge is 0.483 e. The third kappa shape index (κ3) is 8.58. The number of hydrogen-bond acceptors (Lipinski definition) is 4. The van der Waals surface area contributed by atoms with E-state index in [-0.39, 0.29) is 12.0 Å². The molecule has 0 aliphatic heterocycles. The van der Waals surface area contributed by atoms with Crippen molar-refractivity contribution in [1.82, 2.24) is 10.2 Å². The van der Waals surface area contributed by atoms with Gasteiger partial charge in [0, 0.05) is 20.6 Å². The van der Waals surface area contributed by atoms with Gasteiger partial charge >= 0.3 is 18.3 Å². The van der Waals surface area contributed by atoms with Gasteiger partial charge in [0.25, 0.3) is 10.0 Å². The predicted octanol–water partition coefficient (Wildman–Crippen LogP) is 2.13. The highest BCUT2D eigenvalue weighted by Gasteiger charge is 2.38. The molecule has 0 saturated carbocycles. The maximum Gasteiger partial charge on any atom is 0.471 e. The Morgan fingerprint density at radius 1 is 1.21 bits per heavy atom. The molecule has 29 heavy (non-hydrogen) atoms. The molecule has 0 radical (unpaired) electrons. The van der Waals surface area contributed by atoms with Crippen molar-refractivity contribution >= 4 is 22.3 Å². The molecule has 0 fully saturated rings. The number of hydrogen-bond donors (Lipinski definition) is 1. The van der Waals surface area contributed by atoms with E-state index in [1.807, 2.05) is 0 Å². The molecular formula is C15H17F6N3O4S. The minimum absolute atomic E-state index is 0.130. The van der Waals surface area contributed by atoms with Gasteiger partial charge in [-0.3, -0.25) is 4.79 Å². The summed E-state index contributed by atoms with van der Waals surface area (Å²) in [5.41, 5.74) is 0.130. The van der Waals surface area contributed by atoms with Crippen LogP contribution in [0.5, 0.6) is 5.75 Å². The Morgan fingerprint density at radius 2 is 1.83 bits per heavy atom. The zero-order valence-corrected chi connectivity index (χ0v) is 16.0. The zero-order chi connectivity index (χ0) is 22.5. The SMILES string of the molecule is CN(C)C=NS(=O)(=O)c1cc(CCNC(=O)C(F)(F)F)ccc1OCC(F)(F)F. The summed E-state index contributed by atoms with van der Waals surface area (Å²) in [6, 6.07) is 3.03. The predicted molar refractivity (Wildman–Crippen MR) is 90.1 cm³/mol. The van der Waals surface area contributed by atoms with Crippen molar-refractivity contribution in [3.8, 4) is 5.75 Å². The summed E-state index contributed by atoms with van der Waals surface area (Å²) < 4.78 is 106. The number of amides is 1. The Bertz CT molecular complexity index is 851. The Hall–Kier alpha value is -2.51. The highest BCUT2D eigenvalue weighted by Crippen LogP contribution is 2.29. The molecule has 14 heteroatoms. The van der Waals surface area contributed by atoms with E-state index in [9.17, 15) is 39.6 Å². The summed E-state index contributed by atoms with van der Waals surface area (Å²) in [5, 5.41) is 1.60. The van der Waals surface area contributed by atoms with Gasteiger partial charge in [-0.1, -0.05) is 6.07 Å². The van der Waals surface area contributed by atoms with E-state index < -0.39 is 52.1 Å². The summed E-state index contributed by atoms with van der Waals surface area (Å²) in [6.45, 7) is -2.24. The van der Waals surface area contributed by atoms with Crippen LogP contribution in [-0.4, -0.2) is 65.2 Å². The lowest BCUT2D eigenvalue weighted by Crippen LogP contribution is -2.37. The van der Waals surface area contributed by atoms with E-state index in [2.05, 4.69) is 9.13 Å². The van der Waals surface area contributed by atoms with Gasteiger partial charge in [0.2, 0.25) is 0 Å². The van der Waals surface area contributed by atoms with Gasteiger partial charge in [-0.25, -0.2) is 0 Å². The molecule has 164 valence electrons.